The summed E-state index contributed by atoms with van der Waals surface area (Å²) >= 11 is 7.23. The monoisotopic (exact) mass is 364 g/mol. The van der Waals surface area contributed by atoms with Crippen molar-refractivity contribution in [1.29, 1.82) is 0 Å². The van der Waals surface area contributed by atoms with Crippen molar-refractivity contribution >= 4 is 38.9 Å². The smallest absolute Gasteiger partial charge is 0.261 e. The molecule has 1 unspecified atom stereocenters. The van der Waals surface area contributed by atoms with Crippen molar-refractivity contribution in [2.45, 2.75) is 37.3 Å². The quantitative estimate of drug-likeness (QED) is 0.871. The molecule has 2 bridgehead atoms. The zero-order valence-electron chi connectivity index (χ0n) is 13.1. The summed E-state index contributed by atoms with van der Waals surface area (Å²) in [5.41, 5.74) is 0.225. The second kappa shape index (κ2) is 5.16. The average molecular weight is 365 g/mol. The van der Waals surface area contributed by atoms with Gasteiger partial charge in [-0.05, 0) is 68.3 Å². The number of piperidine rings is 3. The van der Waals surface area contributed by atoms with E-state index in [0.29, 0.717) is 10.8 Å². The summed E-state index contributed by atoms with van der Waals surface area (Å²) in [7, 11) is 0. The topological polar surface area (TPSA) is 32.3 Å². The second-order valence-electron chi connectivity index (χ2n) is 7.29. The lowest BCUT2D eigenvalue weighted by molar-refractivity contribution is -0.00138. The van der Waals surface area contributed by atoms with E-state index in [0.717, 1.165) is 10.1 Å². The van der Waals surface area contributed by atoms with Crippen LogP contribution in [0.25, 0.3) is 10.1 Å². The number of fused-ring (bicyclic) bond motifs is 3. The maximum Gasteiger partial charge on any atom is 0.261 e. The molecule has 1 spiro atoms. The zero-order valence-corrected chi connectivity index (χ0v) is 14.7. The first-order chi connectivity index (χ1) is 11.6. The molecule has 4 aliphatic rings. The summed E-state index contributed by atoms with van der Waals surface area (Å²) in [5.74, 6) is 0.128. The zero-order chi connectivity index (χ0) is 16.5. The van der Waals surface area contributed by atoms with E-state index in [4.69, 9.17) is 11.6 Å². The summed E-state index contributed by atoms with van der Waals surface area (Å²) in [6.07, 6.45) is 4.75. The van der Waals surface area contributed by atoms with Crippen molar-refractivity contribution in [3.05, 3.63) is 33.9 Å². The molecule has 1 atom stereocenters. The van der Waals surface area contributed by atoms with E-state index in [-0.39, 0.29) is 22.5 Å². The number of amides is 1. The summed E-state index contributed by atoms with van der Waals surface area (Å²) in [5, 5.41) is 4.15. The Morgan fingerprint density at radius 3 is 2.75 bits per heavy atom. The molecule has 1 saturated carbocycles. The van der Waals surface area contributed by atoms with Crippen LogP contribution in [0.3, 0.4) is 0 Å². The van der Waals surface area contributed by atoms with Gasteiger partial charge in [0.15, 0.2) is 0 Å². The molecule has 1 aromatic carbocycles. The normalized spacial score (nSPS) is 30.0. The maximum absolute atomic E-state index is 13.6. The van der Waals surface area contributed by atoms with Crippen LogP contribution in [0.1, 0.15) is 35.4 Å². The first-order valence-electron chi connectivity index (χ1n) is 8.51. The van der Waals surface area contributed by atoms with E-state index in [9.17, 15) is 9.18 Å². The van der Waals surface area contributed by atoms with Crippen LogP contribution >= 0.6 is 22.9 Å². The molecule has 0 radical (unpaired) electrons. The molecule has 126 valence electrons. The van der Waals surface area contributed by atoms with E-state index in [2.05, 4.69) is 10.2 Å². The Kier molecular flexibility index (Phi) is 3.25. The van der Waals surface area contributed by atoms with Crippen LogP contribution in [0.5, 0.6) is 0 Å². The predicted octanol–water partition coefficient (Wildman–Crippen LogP) is 4.05. The van der Waals surface area contributed by atoms with Crippen LogP contribution in [0.15, 0.2) is 18.2 Å². The van der Waals surface area contributed by atoms with Crippen LogP contribution in [0.2, 0.25) is 5.02 Å². The van der Waals surface area contributed by atoms with Gasteiger partial charge < -0.3 is 5.32 Å². The van der Waals surface area contributed by atoms with Gasteiger partial charge in [-0.3, -0.25) is 9.69 Å². The van der Waals surface area contributed by atoms with E-state index >= 15 is 0 Å². The van der Waals surface area contributed by atoms with Crippen LogP contribution < -0.4 is 5.32 Å². The number of hydrogen-bond acceptors (Lipinski definition) is 3. The number of benzene rings is 1. The van der Waals surface area contributed by atoms with Gasteiger partial charge in [0.05, 0.1) is 15.9 Å². The molecule has 2 aromatic rings. The number of nitrogens with one attached hydrogen (secondary N) is 1. The van der Waals surface area contributed by atoms with Crippen molar-refractivity contribution in [1.82, 2.24) is 10.2 Å². The third kappa shape index (κ3) is 2.14. The van der Waals surface area contributed by atoms with Gasteiger partial charge in [-0.15, -0.1) is 11.3 Å². The summed E-state index contributed by atoms with van der Waals surface area (Å²) < 4.78 is 14.5. The van der Waals surface area contributed by atoms with Crippen molar-refractivity contribution in [2.75, 3.05) is 13.1 Å². The molecule has 3 nitrogen and oxygen atoms in total. The van der Waals surface area contributed by atoms with Crippen LogP contribution in [0, 0.1) is 11.7 Å². The lowest BCUT2D eigenvalue weighted by Crippen LogP contribution is -2.65. The molecular formula is C18H18ClFN2OS. The Bertz CT molecular complexity index is 800. The number of halogens is 2. The van der Waals surface area contributed by atoms with Crippen LogP contribution in [-0.2, 0) is 0 Å². The van der Waals surface area contributed by atoms with E-state index in [1.807, 2.05) is 0 Å². The Balaban J connectivity index is 1.43. The second-order valence-corrected chi connectivity index (χ2v) is 8.78. The highest BCUT2D eigenvalue weighted by molar-refractivity contribution is 7.20. The maximum atomic E-state index is 13.6. The van der Waals surface area contributed by atoms with Gasteiger partial charge >= 0.3 is 0 Å². The van der Waals surface area contributed by atoms with Crippen LogP contribution in [-0.4, -0.2) is 35.5 Å². The molecule has 1 aliphatic carbocycles. The number of carbonyl (C=O) groups is 1. The van der Waals surface area contributed by atoms with Crippen molar-refractivity contribution in [3.63, 3.8) is 0 Å². The first-order valence-corrected chi connectivity index (χ1v) is 9.71. The summed E-state index contributed by atoms with van der Waals surface area (Å²) in [6, 6.07) is 5.04. The lowest BCUT2D eigenvalue weighted by atomic mass is 9.77. The minimum Gasteiger partial charge on any atom is -0.346 e. The summed E-state index contributed by atoms with van der Waals surface area (Å²) in [4.78, 5) is 16.0. The Morgan fingerprint density at radius 1 is 1.29 bits per heavy atom. The number of thiophene rings is 1. The van der Waals surface area contributed by atoms with Gasteiger partial charge in [0.1, 0.15) is 5.82 Å². The van der Waals surface area contributed by atoms with Crippen molar-refractivity contribution in [3.8, 4) is 0 Å². The molecule has 6 heteroatoms. The number of nitrogens with zero attached hydrogens (tertiary/aromatic N) is 1. The lowest BCUT2D eigenvalue weighted by Gasteiger charge is -2.52. The molecule has 4 heterocycles. The predicted molar refractivity (Wildman–Crippen MR) is 94.3 cm³/mol. The highest BCUT2D eigenvalue weighted by Crippen LogP contribution is 2.53. The van der Waals surface area contributed by atoms with Gasteiger partial charge in [0.2, 0.25) is 0 Å². The van der Waals surface area contributed by atoms with Gasteiger partial charge in [-0.2, -0.15) is 0 Å². The van der Waals surface area contributed by atoms with Gasteiger partial charge in [0.25, 0.3) is 5.91 Å². The van der Waals surface area contributed by atoms with E-state index < -0.39 is 5.82 Å². The van der Waals surface area contributed by atoms with Crippen molar-refractivity contribution in [2.24, 2.45) is 5.92 Å². The highest BCUT2D eigenvalue weighted by atomic mass is 35.5. The van der Waals surface area contributed by atoms with Crippen LogP contribution in [0.4, 0.5) is 4.39 Å². The fraction of sp³-hybridized carbons (Fsp3) is 0.500. The molecule has 4 fully saturated rings. The Labute approximate surface area is 148 Å². The van der Waals surface area contributed by atoms with E-state index in [1.54, 1.807) is 12.1 Å². The van der Waals surface area contributed by atoms with E-state index in [1.165, 1.54) is 56.2 Å². The fourth-order valence-corrected chi connectivity index (χ4v) is 5.89. The largest absolute Gasteiger partial charge is 0.346 e. The third-order valence-electron chi connectivity index (χ3n) is 6.05. The first kappa shape index (κ1) is 15.1. The minimum atomic E-state index is -0.441. The molecule has 24 heavy (non-hydrogen) atoms. The summed E-state index contributed by atoms with van der Waals surface area (Å²) in [6.45, 7) is 2.36. The third-order valence-corrected chi connectivity index (χ3v) is 7.44. The molecule has 6 rings (SSSR count). The number of hydrogen-bond donors (Lipinski definition) is 1. The SMILES string of the molecule is O=C(NC1C2CCN(CC2)C12CC2)c1cc2cc(F)c(Cl)cc2s1. The Hall–Kier alpha value is -1.17. The number of rotatable bonds is 2. The highest BCUT2D eigenvalue weighted by Gasteiger charge is 2.60. The average Bonchev–Trinajstić information content (AvgIpc) is 3.25. The van der Waals surface area contributed by atoms with Gasteiger partial charge in [0, 0.05) is 10.2 Å². The van der Waals surface area contributed by atoms with Gasteiger partial charge in [-0.25, -0.2) is 4.39 Å². The standard InChI is InChI=1S/C18H18ClFN2OS/c19-12-9-14-11(7-13(12)20)8-15(24-14)17(23)21-16-10-1-5-22(6-2-10)18(16)3-4-18/h7-10,16H,1-6H2,(H,21,23). The molecular weight excluding hydrogens is 347 g/mol. The molecule has 3 saturated heterocycles. The van der Waals surface area contributed by atoms with Gasteiger partial charge in [-0.1, -0.05) is 11.6 Å². The number of carbonyl (C=O) groups excluding carboxylic acids is 1. The fourth-order valence-electron chi connectivity index (χ4n) is 4.68. The Morgan fingerprint density at radius 2 is 2.04 bits per heavy atom. The molecule has 1 aromatic heterocycles. The minimum absolute atomic E-state index is 0.0299. The molecule has 1 N–H and O–H groups in total. The molecule has 1 amide bonds. The molecule has 3 aliphatic heterocycles. The van der Waals surface area contributed by atoms with Crippen molar-refractivity contribution < 1.29 is 9.18 Å².